The smallest absolute Gasteiger partial charge is 0.254 e. The summed E-state index contributed by atoms with van der Waals surface area (Å²) in [5.74, 6) is -0.319. The summed E-state index contributed by atoms with van der Waals surface area (Å²) in [7, 11) is 0. The molecule has 1 aliphatic heterocycles. The van der Waals surface area contributed by atoms with Crippen LogP contribution in [0.2, 0.25) is 0 Å². The van der Waals surface area contributed by atoms with Crippen molar-refractivity contribution < 1.29 is 13.9 Å². The monoisotopic (exact) mass is 281 g/mol. The molecule has 0 radical (unpaired) electrons. The molecule has 0 atom stereocenters. The van der Waals surface area contributed by atoms with Gasteiger partial charge in [0.15, 0.2) is 0 Å². The van der Waals surface area contributed by atoms with Crippen LogP contribution in [0.5, 0.6) is 0 Å². The summed E-state index contributed by atoms with van der Waals surface area (Å²) >= 11 is 0. The third-order valence-electron chi connectivity index (χ3n) is 3.33. The Morgan fingerprint density at radius 1 is 1.35 bits per heavy atom. The second-order valence-electron chi connectivity index (χ2n) is 4.70. The van der Waals surface area contributed by atoms with Gasteiger partial charge in [-0.15, -0.1) is 0 Å². The van der Waals surface area contributed by atoms with Crippen LogP contribution in [-0.2, 0) is 4.74 Å². The third-order valence-corrected chi connectivity index (χ3v) is 3.33. The van der Waals surface area contributed by atoms with E-state index < -0.39 is 5.82 Å². The van der Waals surface area contributed by atoms with Crippen molar-refractivity contribution in [2.24, 2.45) is 5.92 Å². The SMILES string of the molecule is CC.Cc1cccc(C(=O)NCC2CCOCC2)c1F. The number of aryl methyl sites for hydroxylation is 1. The van der Waals surface area contributed by atoms with Gasteiger partial charge in [0.05, 0.1) is 5.56 Å². The van der Waals surface area contributed by atoms with E-state index in [1.807, 2.05) is 13.8 Å². The van der Waals surface area contributed by atoms with Crippen LogP contribution in [0.4, 0.5) is 4.39 Å². The van der Waals surface area contributed by atoms with Crippen molar-refractivity contribution >= 4 is 5.91 Å². The minimum atomic E-state index is -0.429. The van der Waals surface area contributed by atoms with Crippen LogP contribution in [-0.4, -0.2) is 25.7 Å². The molecule has 1 N–H and O–H groups in total. The van der Waals surface area contributed by atoms with Crippen LogP contribution < -0.4 is 5.32 Å². The highest BCUT2D eigenvalue weighted by molar-refractivity contribution is 5.94. The first kappa shape index (κ1) is 16.6. The van der Waals surface area contributed by atoms with Crippen LogP contribution >= 0.6 is 0 Å². The second-order valence-corrected chi connectivity index (χ2v) is 4.70. The van der Waals surface area contributed by atoms with Crippen LogP contribution in [0, 0.1) is 18.7 Å². The van der Waals surface area contributed by atoms with Gasteiger partial charge in [0.1, 0.15) is 5.82 Å². The zero-order valence-corrected chi connectivity index (χ0v) is 12.5. The number of carbonyl (C=O) groups is 1. The van der Waals surface area contributed by atoms with Crippen molar-refractivity contribution in [2.45, 2.75) is 33.6 Å². The summed E-state index contributed by atoms with van der Waals surface area (Å²) in [5.41, 5.74) is 0.621. The maximum Gasteiger partial charge on any atom is 0.254 e. The number of ether oxygens (including phenoxy) is 1. The van der Waals surface area contributed by atoms with Crippen molar-refractivity contribution in [3.8, 4) is 0 Å². The normalized spacial score (nSPS) is 15.2. The van der Waals surface area contributed by atoms with E-state index in [0.717, 1.165) is 26.1 Å². The molecular weight excluding hydrogens is 257 g/mol. The molecule has 0 unspecified atom stereocenters. The molecule has 1 heterocycles. The van der Waals surface area contributed by atoms with Crippen LogP contribution in [0.3, 0.4) is 0 Å². The quantitative estimate of drug-likeness (QED) is 0.923. The molecular formula is C16H24FNO2. The van der Waals surface area contributed by atoms with Gasteiger partial charge >= 0.3 is 0 Å². The van der Waals surface area contributed by atoms with Gasteiger partial charge < -0.3 is 10.1 Å². The first-order valence-corrected chi connectivity index (χ1v) is 7.29. The summed E-state index contributed by atoms with van der Waals surface area (Å²) < 4.78 is 19.0. The number of carbonyl (C=O) groups excluding carboxylic acids is 1. The van der Waals surface area contributed by atoms with E-state index in [2.05, 4.69) is 5.32 Å². The molecule has 1 aromatic rings. The number of hydrogen-bond donors (Lipinski definition) is 1. The minimum Gasteiger partial charge on any atom is -0.381 e. The standard InChI is InChI=1S/C14H18FNO2.C2H6/c1-10-3-2-4-12(13(10)15)14(17)16-9-11-5-7-18-8-6-11;1-2/h2-4,11H,5-9H2,1H3,(H,16,17);1-2H3. The highest BCUT2D eigenvalue weighted by Crippen LogP contribution is 2.15. The molecule has 1 aliphatic rings. The van der Waals surface area contributed by atoms with Gasteiger partial charge in [-0.25, -0.2) is 4.39 Å². The lowest BCUT2D eigenvalue weighted by Crippen LogP contribution is -2.32. The van der Waals surface area contributed by atoms with E-state index in [9.17, 15) is 9.18 Å². The van der Waals surface area contributed by atoms with Gasteiger partial charge in [-0.3, -0.25) is 4.79 Å². The first-order valence-electron chi connectivity index (χ1n) is 7.29. The Labute approximate surface area is 120 Å². The highest BCUT2D eigenvalue weighted by Gasteiger charge is 2.17. The van der Waals surface area contributed by atoms with Crippen LogP contribution in [0.1, 0.15) is 42.6 Å². The molecule has 0 bridgehead atoms. The lowest BCUT2D eigenvalue weighted by atomic mass is 10.0. The predicted molar refractivity (Wildman–Crippen MR) is 78.4 cm³/mol. The Morgan fingerprint density at radius 3 is 2.65 bits per heavy atom. The maximum atomic E-state index is 13.7. The zero-order chi connectivity index (χ0) is 15.0. The summed E-state index contributed by atoms with van der Waals surface area (Å²) in [5, 5.41) is 2.80. The Morgan fingerprint density at radius 2 is 2.00 bits per heavy atom. The predicted octanol–water partition coefficient (Wildman–Crippen LogP) is 3.32. The second kappa shape index (κ2) is 8.69. The molecule has 0 aliphatic carbocycles. The largest absolute Gasteiger partial charge is 0.381 e. The van der Waals surface area contributed by atoms with Crippen molar-refractivity contribution in [1.29, 1.82) is 0 Å². The average Bonchev–Trinajstić information content (AvgIpc) is 2.51. The lowest BCUT2D eigenvalue weighted by Gasteiger charge is -2.22. The molecule has 1 fully saturated rings. The van der Waals surface area contributed by atoms with Crippen molar-refractivity contribution in [3.63, 3.8) is 0 Å². The minimum absolute atomic E-state index is 0.127. The molecule has 4 heteroatoms. The number of rotatable bonds is 3. The van der Waals surface area contributed by atoms with Gasteiger partial charge in [0.25, 0.3) is 5.91 Å². The molecule has 112 valence electrons. The summed E-state index contributed by atoms with van der Waals surface area (Å²) in [6.07, 6.45) is 1.91. The Kier molecular flexibility index (Phi) is 7.23. The number of benzene rings is 1. The van der Waals surface area contributed by atoms with E-state index in [0.29, 0.717) is 18.0 Å². The van der Waals surface area contributed by atoms with Gasteiger partial charge in [0.2, 0.25) is 0 Å². The van der Waals surface area contributed by atoms with Gasteiger partial charge in [-0.2, -0.15) is 0 Å². The molecule has 20 heavy (non-hydrogen) atoms. The summed E-state index contributed by atoms with van der Waals surface area (Å²) in [6, 6.07) is 4.87. The maximum absolute atomic E-state index is 13.7. The fourth-order valence-electron chi connectivity index (χ4n) is 2.11. The summed E-state index contributed by atoms with van der Waals surface area (Å²) in [6.45, 7) is 7.75. The molecule has 1 aromatic carbocycles. The highest BCUT2D eigenvalue weighted by atomic mass is 19.1. The van der Waals surface area contributed by atoms with Crippen molar-refractivity contribution in [3.05, 3.63) is 35.1 Å². The number of nitrogens with one attached hydrogen (secondary N) is 1. The topological polar surface area (TPSA) is 38.3 Å². The average molecular weight is 281 g/mol. The molecule has 0 saturated carbocycles. The Balaban J connectivity index is 0.000000956. The fourth-order valence-corrected chi connectivity index (χ4v) is 2.11. The van der Waals surface area contributed by atoms with E-state index in [-0.39, 0.29) is 11.5 Å². The molecule has 1 saturated heterocycles. The zero-order valence-electron chi connectivity index (χ0n) is 12.5. The van der Waals surface area contributed by atoms with Gasteiger partial charge in [0, 0.05) is 19.8 Å². The van der Waals surface area contributed by atoms with Crippen molar-refractivity contribution in [1.82, 2.24) is 5.32 Å². The summed E-state index contributed by atoms with van der Waals surface area (Å²) in [4.78, 5) is 11.9. The Hall–Kier alpha value is -1.42. The fraction of sp³-hybridized carbons (Fsp3) is 0.562. The van der Waals surface area contributed by atoms with Crippen molar-refractivity contribution in [2.75, 3.05) is 19.8 Å². The number of halogens is 1. The van der Waals surface area contributed by atoms with E-state index in [1.54, 1.807) is 19.1 Å². The third kappa shape index (κ3) is 4.60. The molecule has 2 rings (SSSR count). The molecule has 0 aromatic heterocycles. The van der Waals surface area contributed by atoms with Crippen LogP contribution in [0.25, 0.3) is 0 Å². The van der Waals surface area contributed by atoms with E-state index in [4.69, 9.17) is 4.74 Å². The molecule has 0 spiro atoms. The molecule has 1 amide bonds. The van der Waals surface area contributed by atoms with Crippen LogP contribution in [0.15, 0.2) is 18.2 Å². The molecule has 3 nitrogen and oxygen atoms in total. The number of amides is 1. The Bertz CT molecular complexity index is 428. The van der Waals surface area contributed by atoms with Gasteiger partial charge in [-0.05, 0) is 37.3 Å². The van der Waals surface area contributed by atoms with E-state index in [1.165, 1.54) is 6.07 Å². The lowest BCUT2D eigenvalue weighted by molar-refractivity contribution is 0.0642. The van der Waals surface area contributed by atoms with Gasteiger partial charge in [-0.1, -0.05) is 26.0 Å². The first-order chi connectivity index (χ1) is 9.68. The number of hydrogen-bond acceptors (Lipinski definition) is 2. The van der Waals surface area contributed by atoms with E-state index >= 15 is 0 Å².